The van der Waals surface area contributed by atoms with Gasteiger partial charge in [0.15, 0.2) is 0 Å². The molecular weight excluding hydrogens is 306 g/mol. The molecule has 1 saturated heterocycles. The van der Waals surface area contributed by atoms with Gasteiger partial charge in [-0.2, -0.15) is 0 Å². The van der Waals surface area contributed by atoms with Gasteiger partial charge in [-0.15, -0.1) is 0 Å². The first-order chi connectivity index (χ1) is 11.0. The highest BCUT2D eigenvalue weighted by molar-refractivity contribution is 5.97. The summed E-state index contributed by atoms with van der Waals surface area (Å²) in [7, 11) is 0. The smallest absolute Gasteiger partial charge is 0.274 e. The molecule has 2 heterocycles. The molecule has 8 heteroatoms. The number of hydrogen-bond acceptors (Lipinski definition) is 4. The topological polar surface area (TPSA) is 75.2 Å². The fourth-order valence-corrected chi connectivity index (χ4v) is 2.21. The molecule has 2 amide bonds. The molecule has 0 spiro atoms. The third-order valence-corrected chi connectivity index (χ3v) is 3.51. The number of nitrogens with one attached hydrogen (secondary N) is 1. The van der Waals surface area contributed by atoms with Crippen LogP contribution in [0.3, 0.4) is 0 Å². The second kappa shape index (κ2) is 6.07. The van der Waals surface area contributed by atoms with Gasteiger partial charge in [0.2, 0.25) is 5.91 Å². The van der Waals surface area contributed by atoms with Crippen LogP contribution in [0.4, 0.5) is 14.5 Å². The minimum atomic E-state index is -0.716. The molecule has 0 bridgehead atoms. The highest BCUT2D eigenvalue weighted by atomic mass is 19.1. The van der Waals surface area contributed by atoms with Crippen molar-refractivity contribution in [2.45, 2.75) is 0 Å². The number of hydrogen-bond donors (Lipinski definition) is 1. The van der Waals surface area contributed by atoms with Crippen molar-refractivity contribution in [1.82, 2.24) is 14.9 Å². The molecule has 118 valence electrons. The molecule has 0 aliphatic carbocycles. The zero-order valence-corrected chi connectivity index (χ0v) is 11.9. The summed E-state index contributed by atoms with van der Waals surface area (Å²) in [5, 5.41) is 2.33. The number of halogens is 2. The summed E-state index contributed by atoms with van der Waals surface area (Å²) in [6.07, 6.45) is 4.21. The van der Waals surface area contributed by atoms with E-state index in [4.69, 9.17) is 0 Å². The highest BCUT2D eigenvalue weighted by Gasteiger charge is 2.36. The van der Waals surface area contributed by atoms with E-state index in [1.807, 2.05) is 0 Å². The van der Waals surface area contributed by atoms with Gasteiger partial charge < -0.3 is 10.2 Å². The van der Waals surface area contributed by atoms with Crippen molar-refractivity contribution in [1.29, 1.82) is 0 Å². The van der Waals surface area contributed by atoms with E-state index in [2.05, 4.69) is 15.3 Å². The molecule has 0 saturated carbocycles. The van der Waals surface area contributed by atoms with Crippen LogP contribution in [-0.4, -0.2) is 39.8 Å². The lowest BCUT2D eigenvalue weighted by Crippen LogP contribution is -2.54. The standard InChI is InChI=1S/C15H12F2N4O2/c16-10-1-2-11(17)12(5-10)20-14(22)9-7-21(8-9)15(23)13-6-18-3-4-19-13/h1-6,9H,7-8H2,(H,20,22). The van der Waals surface area contributed by atoms with Crippen molar-refractivity contribution in [2.75, 3.05) is 18.4 Å². The van der Waals surface area contributed by atoms with E-state index in [0.29, 0.717) is 0 Å². The number of nitrogens with zero attached hydrogens (tertiary/aromatic N) is 3. The van der Waals surface area contributed by atoms with Crippen LogP contribution in [-0.2, 0) is 4.79 Å². The molecule has 1 aliphatic heterocycles. The first-order valence-electron chi connectivity index (χ1n) is 6.86. The average molecular weight is 318 g/mol. The molecule has 1 aliphatic rings. The van der Waals surface area contributed by atoms with Crippen LogP contribution in [0.5, 0.6) is 0 Å². The molecular formula is C15H12F2N4O2. The van der Waals surface area contributed by atoms with Crippen molar-refractivity contribution in [3.63, 3.8) is 0 Å². The fourth-order valence-electron chi connectivity index (χ4n) is 2.21. The second-order valence-corrected chi connectivity index (χ2v) is 5.11. The predicted octanol–water partition coefficient (Wildman–Crippen LogP) is 1.47. The third kappa shape index (κ3) is 3.15. The Labute approximate surface area is 130 Å². The summed E-state index contributed by atoms with van der Waals surface area (Å²) in [5.41, 5.74) is -0.0174. The number of benzene rings is 1. The lowest BCUT2D eigenvalue weighted by atomic mass is 9.98. The van der Waals surface area contributed by atoms with E-state index in [1.165, 1.54) is 23.5 Å². The van der Waals surface area contributed by atoms with Crippen LogP contribution in [0.2, 0.25) is 0 Å². The van der Waals surface area contributed by atoms with Crippen LogP contribution in [0.25, 0.3) is 0 Å². The van der Waals surface area contributed by atoms with Crippen molar-refractivity contribution in [3.8, 4) is 0 Å². The van der Waals surface area contributed by atoms with Gasteiger partial charge in [-0.3, -0.25) is 14.6 Å². The molecule has 0 atom stereocenters. The molecule has 6 nitrogen and oxygen atoms in total. The number of carbonyl (C=O) groups excluding carboxylic acids is 2. The van der Waals surface area contributed by atoms with Crippen LogP contribution in [0.1, 0.15) is 10.5 Å². The molecule has 2 aromatic rings. The summed E-state index contributed by atoms with van der Waals surface area (Å²) in [4.78, 5) is 33.2. The van der Waals surface area contributed by atoms with Crippen LogP contribution < -0.4 is 5.32 Å². The SMILES string of the molecule is O=C(Nc1cc(F)ccc1F)C1CN(C(=O)c2cnccn2)C1. The number of amides is 2. The van der Waals surface area contributed by atoms with Crippen LogP contribution in [0, 0.1) is 17.6 Å². The molecule has 0 unspecified atom stereocenters. The molecule has 1 aromatic heterocycles. The van der Waals surface area contributed by atoms with E-state index in [9.17, 15) is 18.4 Å². The Morgan fingerprint density at radius 3 is 2.70 bits per heavy atom. The van der Waals surface area contributed by atoms with Gasteiger partial charge in [0, 0.05) is 31.5 Å². The fraction of sp³-hybridized carbons (Fsp3) is 0.200. The predicted molar refractivity (Wildman–Crippen MR) is 76.4 cm³/mol. The number of likely N-dealkylation sites (tertiary alicyclic amines) is 1. The van der Waals surface area contributed by atoms with Gasteiger partial charge >= 0.3 is 0 Å². The second-order valence-electron chi connectivity index (χ2n) is 5.11. The minimum Gasteiger partial charge on any atom is -0.336 e. The van der Waals surface area contributed by atoms with Gasteiger partial charge in [-0.05, 0) is 12.1 Å². The number of carbonyl (C=O) groups is 2. The minimum absolute atomic E-state index is 0.193. The Balaban J connectivity index is 1.58. The van der Waals surface area contributed by atoms with Crippen molar-refractivity contribution in [3.05, 3.63) is 54.1 Å². The summed E-state index contributed by atoms with van der Waals surface area (Å²) in [5.74, 6) is -2.61. The number of anilines is 1. The first kappa shape index (κ1) is 15.0. The lowest BCUT2D eigenvalue weighted by molar-refractivity contribution is -0.123. The van der Waals surface area contributed by atoms with Gasteiger partial charge in [0.05, 0.1) is 17.8 Å². The molecule has 1 aromatic carbocycles. The van der Waals surface area contributed by atoms with Crippen molar-refractivity contribution >= 4 is 17.5 Å². The summed E-state index contributed by atoms with van der Waals surface area (Å²) in [6.45, 7) is 0.385. The summed E-state index contributed by atoms with van der Waals surface area (Å²) in [6, 6.07) is 2.82. The summed E-state index contributed by atoms with van der Waals surface area (Å²) >= 11 is 0. The Kier molecular flexibility index (Phi) is 3.96. The quantitative estimate of drug-likeness (QED) is 0.930. The van der Waals surface area contributed by atoms with Crippen molar-refractivity contribution < 1.29 is 18.4 Å². The molecule has 23 heavy (non-hydrogen) atoms. The number of rotatable bonds is 3. The van der Waals surface area contributed by atoms with Crippen LogP contribution in [0.15, 0.2) is 36.8 Å². The monoisotopic (exact) mass is 318 g/mol. The average Bonchev–Trinajstić information content (AvgIpc) is 2.50. The normalized spacial score (nSPS) is 14.3. The largest absolute Gasteiger partial charge is 0.336 e. The Morgan fingerprint density at radius 2 is 2.00 bits per heavy atom. The van der Waals surface area contributed by atoms with E-state index in [1.54, 1.807) is 0 Å². The zero-order valence-electron chi connectivity index (χ0n) is 11.9. The van der Waals surface area contributed by atoms with Gasteiger partial charge in [0.25, 0.3) is 5.91 Å². The Bertz CT molecular complexity index is 748. The third-order valence-electron chi connectivity index (χ3n) is 3.51. The molecule has 1 N–H and O–H groups in total. The molecule has 0 radical (unpaired) electrons. The molecule has 1 fully saturated rings. The van der Waals surface area contributed by atoms with Crippen LogP contribution >= 0.6 is 0 Å². The van der Waals surface area contributed by atoms with Gasteiger partial charge in [-0.25, -0.2) is 13.8 Å². The van der Waals surface area contributed by atoms with E-state index >= 15 is 0 Å². The van der Waals surface area contributed by atoms with E-state index in [0.717, 1.165) is 18.2 Å². The van der Waals surface area contributed by atoms with Crippen molar-refractivity contribution in [2.24, 2.45) is 5.92 Å². The summed E-state index contributed by atoms with van der Waals surface area (Å²) < 4.78 is 26.5. The van der Waals surface area contributed by atoms with E-state index in [-0.39, 0.29) is 30.4 Å². The zero-order chi connectivity index (χ0) is 16.4. The van der Waals surface area contributed by atoms with Gasteiger partial charge in [-0.1, -0.05) is 0 Å². The highest BCUT2D eigenvalue weighted by Crippen LogP contribution is 2.21. The number of aromatic nitrogens is 2. The Hall–Kier alpha value is -2.90. The lowest BCUT2D eigenvalue weighted by Gasteiger charge is -2.37. The first-order valence-corrected chi connectivity index (χ1v) is 6.86. The maximum absolute atomic E-state index is 13.5. The maximum Gasteiger partial charge on any atom is 0.274 e. The van der Waals surface area contributed by atoms with E-state index < -0.39 is 23.5 Å². The maximum atomic E-state index is 13.5. The van der Waals surface area contributed by atoms with Gasteiger partial charge in [0.1, 0.15) is 17.3 Å². The Morgan fingerprint density at radius 1 is 1.22 bits per heavy atom. The molecule has 3 rings (SSSR count).